The summed E-state index contributed by atoms with van der Waals surface area (Å²) in [4.78, 5) is 4.18. The third-order valence-electron chi connectivity index (χ3n) is 3.09. The van der Waals surface area contributed by atoms with Crippen LogP contribution in [0.25, 0.3) is 0 Å². The van der Waals surface area contributed by atoms with Crippen LogP contribution in [0.15, 0.2) is 17.1 Å². The first-order valence-electron chi connectivity index (χ1n) is 6.36. The van der Waals surface area contributed by atoms with E-state index in [2.05, 4.69) is 16.9 Å². The second-order valence-corrected chi connectivity index (χ2v) is 4.88. The van der Waals surface area contributed by atoms with Crippen LogP contribution in [0.2, 0.25) is 0 Å². The lowest BCUT2D eigenvalue weighted by Gasteiger charge is -2.09. The van der Waals surface area contributed by atoms with Gasteiger partial charge in [0.2, 0.25) is 0 Å². The molecule has 3 nitrogen and oxygen atoms in total. The molecule has 100 valence electrons. The molecule has 0 aromatic heterocycles. The summed E-state index contributed by atoms with van der Waals surface area (Å²) in [5, 5.41) is 3.15. The van der Waals surface area contributed by atoms with Crippen LogP contribution < -0.4 is 11.1 Å². The van der Waals surface area contributed by atoms with E-state index in [1.807, 2.05) is 6.92 Å². The van der Waals surface area contributed by atoms with Gasteiger partial charge in [-0.3, -0.25) is 0 Å². The smallest absolute Gasteiger partial charge is 0.188 e. The predicted molar refractivity (Wildman–Crippen MR) is 85.9 cm³/mol. The fraction of sp³-hybridized carbons (Fsp3) is 0.769. The van der Waals surface area contributed by atoms with Crippen molar-refractivity contribution in [2.24, 2.45) is 16.6 Å². The largest absolute Gasteiger partial charge is 0.370 e. The van der Waals surface area contributed by atoms with Gasteiger partial charge in [-0.15, -0.1) is 24.0 Å². The van der Waals surface area contributed by atoms with Gasteiger partial charge in [0.05, 0.1) is 6.54 Å². The first-order chi connectivity index (χ1) is 7.68. The van der Waals surface area contributed by atoms with E-state index in [0.717, 1.165) is 18.0 Å². The second-order valence-electron chi connectivity index (χ2n) is 4.88. The van der Waals surface area contributed by atoms with Gasteiger partial charge in [-0.25, -0.2) is 4.99 Å². The van der Waals surface area contributed by atoms with E-state index in [9.17, 15) is 0 Å². The van der Waals surface area contributed by atoms with Gasteiger partial charge in [-0.05, 0) is 25.7 Å². The Labute approximate surface area is 122 Å². The van der Waals surface area contributed by atoms with Crippen LogP contribution in [0.3, 0.4) is 0 Å². The quantitative estimate of drug-likeness (QED) is 0.254. The van der Waals surface area contributed by atoms with Crippen LogP contribution in [-0.4, -0.2) is 19.0 Å². The van der Waals surface area contributed by atoms with Gasteiger partial charge in [-0.2, -0.15) is 0 Å². The van der Waals surface area contributed by atoms with Crippen LogP contribution in [0.4, 0.5) is 0 Å². The lowest BCUT2D eigenvalue weighted by Crippen LogP contribution is -2.32. The minimum atomic E-state index is 0. The van der Waals surface area contributed by atoms with Gasteiger partial charge >= 0.3 is 0 Å². The average molecular weight is 351 g/mol. The maximum absolute atomic E-state index is 5.71. The van der Waals surface area contributed by atoms with E-state index in [1.165, 1.54) is 38.5 Å². The molecule has 0 radical (unpaired) electrons. The minimum absolute atomic E-state index is 0. The number of nitrogens with one attached hydrogen (secondary N) is 1. The minimum Gasteiger partial charge on any atom is -0.370 e. The Morgan fingerprint density at radius 3 is 2.65 bits per heavy atom. The Kier molecular flexibility index (Phi) is 9.59. The molecule has 1 saturated carbocycles. The number of hydrogen-bond donors (Lipinski definition) is 2. The van der Waals surface area contributed by atoms with E-state index >= 15 is 0 Å². The average Bonchev–Trinajstić information content (AvgIpc) is 2.74. The van der Waals surface area contributed by atoms with Crippen molar-refractivity contribution in [3.63, 3.8) is 0 Å². The molecule has 4 heteroatoms. The number of hydrogen-bond acceptors (Lipinski definition) is 1. The molecular weight excluding hydrogens is 325 g/mol. The van der Waals surface area contributed by atoms with E-state index in [-0.39, 0.29) is 24.0 Å². The number of rotatable bonds is 6. The Balaban J connectivity index is 0.00000256. The first-order valence-corrected chi connectivity index (χ1v) is 6.36. The number of nitrogens with two attached hydrogens (primary N) is 1. The molecule has 0 heterocycles. The van der Waals surface area contributed by atoms with Crippen LogP contribution in [0.5, 0.6) is 0 Å². The summed E-state index contributed by atoms with van der Waals surface area (Å²) >= 11 is 0. The standard InChI is InChI=1S/C13H25N3.HI/c1-11(2)10-16-13(14)15-9-5-8-12-6-3-4-7-12;/h12H,1,3-10H2,2H3,(H3,14,15,16);1H. The summed E-state index contributed by atoms with van der Waals surface area (Å²) in [5.41, 5.74) is 6.75. The normalized spacial score (nSPS) is 16.6. The SMILES string of the molecule is C=C(C)CN=C(N)NCCCC1CCCC1.I. The molecule has 0 unspecified atom stereocenters. The Bertz CT molecular complexity index is 245. The van der Waals surface area contributed by atoms with Crippen molar-refractivity contribution in [1.29, 1.82) is 0 Å². The molecule has 0 bridgehead atoms. The first kappa shape index (κ1) is 16.7. The van der Waals surface area contributed by atoms with Crippen molar-refractivity contribution in [3.05, 3.63) is 12.2 Å². The van der Waals surface area contributed by atoms with Crippen molar-refractivity contribution in [2.45, 2.75) is 45.4 Å². The van der Waals surface area contributed by atoms with Crippen LogP contribution >= 0.6 is 24.0 Å². The van der Waals surface area contributed by atoms with Crippen LogP contribution in [0.1, 0.15) is 45.4 Å². The molecule has 1 fully saturated rings. The molecular formula is C13H26IN3. The van der Waals surface area contributed by atoms with Crippen molar-refractivity contribution in [1.82, 2.24) is 5.32 Å². The highest BCUT2D eigenvalue weighted by Crippen LogP contribution is 2.28. The summed E-state index contributed by atoms with van der Waals surface area (Å²) in [6.07, 6.45) is 8.26. The molecule has 0 atom stereocenters. The molecule has 1 rings (SSSR count). The Hall–Kier alpha value is -0.260. The maximum atomic E-state index is 5.71. The molecule has 3 N–H and O–H groups in total. The predicted octanol–water partition coefficient (Wildman–Crippen LogP) is 3.06. The van der Waals surface area contributed by atoms with Gasteiger partial charge in [0.15, 0.2) is 5.96 Å². The number of nitrogens with zero attached hydrogens (tertiary/aromatic N) is 1. The zero-order chi connectivity index (χ0) is 11.8. The monoisotopic (exact) mass is 351 g/mol. The third kappa shape index (κ3) is 8.46. The zero-order valence-electron chi connectivity index (χ0n) is 10.9. The van der Waals surface area contributed by atoms with E-state index in [1.54, 1.807) is 0 Å². The van der Waals surface area contributed by atoms with Crippen molar-refractivity contribution in [2.75, 3.05) is 13.1 Å². The lowest BCUT2D eigenvalue weighted by molar-refractivity contribution is 0.482. The molecule has 0 aliphatic heterocycles. The second kappa shape index (κ2) is 9.74. The lowest BCUT2D eigenvalue weighted by atomic mass is 10.0. The summed E-state index contributed by atoms with van der Waals surface area (Å²) in [7, 11) is 0. The summed E-state index contributed by atoms with van der Waals surface area (Å²) in [5.74, 6) is 1.52. The molecule has 17 heavy (non-hydrogen) atoms. The topological polar surface area (TPSA) is 50.4 Å². The molecule has 1 aliphatic carbocycles. The Morgan fingerprint density at radius 2 is 2.06 bits per heavy atom. The highest BCUT2D eigenvalue weighted by atomic mass is 127. The Morgan fingerprint density at radius 1 is 1.41 bits per heavy atom. The van der Waals surface area contributed by atoms with Gasteiger partial charge in [0, 0.05) is 6.54 Å². The summed E-state index contributed by atoms with van der Waals surface area (Å²) in [6.45, 7) is 7.31. The van der Waals surface area contributed by atoms with Crippen LogP contribution in [0, 0.1) is 5.92 Å². The maximum Gasteiger partial charge on any atom is 0.188 e. The van der Waals surface area contributed by atoms with Crippen molar-refractivity contribution in [3.8, 4) is 0 Å². The molecule has 0 amide bonds. The van der Waals surface area contributed by atoms with Crippen molar-refractivity contribution < 1.29 is 0 Å². The number of halogens is 1. The van der Waals surface area contributed by atoms with Crippen LogP contribution in [-0.2, 0) is 0 Å². The van der Waals surface area contributed by atoms with Gasteiger partial charge in [-0.1, -0.05) is 37.8 Å². The van der Waals surface area contributed by atoms with Gasteiger partial charge in [0.1, 0.15) is 0 Å². The fourth-order valence-electron chi connectivity index (χ4n) is 2.18. The van der Waals surface area contributed by atoms with E-state index in [0.29, 0.717) is 12.5 Å². The molecule has 0 aromatic rings. The third-order valence-corrected chi connectivity index (χ3v) is 3.09. The summed E-state index contributed by atoms with van der Waals surface area (Å²) < 4.78 is 0. The number of aliphatic imine (C=N–C) groups is 1. The zero-order valence-corrected chi connectivity index (χ0v) is 13.2. The number of guanidine groups is 1. The highest BCUT2D eigenvalue weighted by molar-refractivity contribution is 14.0. The molecule has 0 spiro atoms. The van der Waals surface area contributed by atoms with Gasteiger partial charge < -0.3 is 11.1 Å². The van der Waals surface area contributed by atoms with E-state index in [4.69, 9.17) is 5.73 Å². The molecule has 1 aliphatic rings. The van der Waals surface area contributed by atoms with E-state index < -0.39 is 0 Å². The van der Waals surface area contributed by atoms with Gasteiger partial charge in [0.25, 0.3) is 0 Å². The molecule has 0 saturated heterocycles. The van der Waals surface area contributed by atoms with Crippen molar-refractivity contribution >= 4 is 29.9 Å². The fourth-order valence-corrected chi connectivity index (χ4v) is 2.18. The molecule has 0 aromatic carbocycles. The summed E-state index contributed by atoms with van der Waals surface area (Å²) in [6, 6.07) is 0. The highest BCUT2D eigenvalue weighted by Gasteiger charge is 2.13.